The Labute approximate surface area is 161 Å². The number of anilines is 2. The van der Waals surface area contributed by atoms with Gasteiger partial charge in [0.25, 0.3) is 5.91 Å². The van der Waals surface area contributed by atoms with Crippen LogP contribution in [0.15, 0.2) is 60.9 Å². The van der Waals surface area contributed by atoms with Crippen LogP contribution in [0.5, 0.6) is 0 Å². The summed E-state index contributed by atoms with van der Waals surface area (Å²) in [5.74, 6) is -0.119. The average molecular weight is 376 g/mol. The molecular formula is C21H20N4OS. The van der Waals surface area contributed by atoms with Crippen LogP contribution in [-0.4, -0.2) is 29.4 Å². The number of nitrogens with zero attached hydrogens (tertiary/aromatic N) is 3. The van der Waals surface area contributed by atoms with Gasteiger partial charge in [0.15, 0.2) is 4.96 Å². The number of rotatable bonds is 4. The lowest BCUT2D eigenvalue weighted by Crippen LogP contribution is -2.13. The molecule has 0 unspecified atom stereocenters. The van der Waals surface area contributed by atoms with E-state index >= 15 is 0 Å². The Hall–Kier alpha value is -3.12. The highest BCUT2D eigenvalue weighted by Crippen LogP contribution is 2.25. The van der Waals surface area contributed by atoms with Gasteiger partial charge >= 0.3 is 0 Å². The van der Waals surface area contributed by atoms with Crippen LogP contribution < -0.4 is 10.2 Å². The van der Waals surface area contributed by atoms with Crippen molar-refractivity contribution in [3.8, 4) is 11.3 Å². The Morgan fingerprint density at radius 2 is 1.74 bits per heavy atom. The van der Waals surface area contributed by atoms with E-state index in [9.17, 15) is 4.79 Å². The molecule has 27 heavy (non-hydrogen) atoms. The van der Waals surface area contributed by atoms with E-state index in [-0.39, 0.29) is 5.91 Å². The van der Waals surface area contributed by atoms with Crippen molar-refractivity contribution in [3.05, 3.63) is 71.4 Å². The first kappa shape index (κ1) is 17.3. The van der Waals surface area contributed by atoms with E-state index in [1.807, 2.05) is 78.1 Å². The summed E-state index contributed by atoms with van der Waals surface area (Å²) in [7, 11) is 3.95. The number of aryl methyl sites for hydroxylation is 1. The van der Waals surface area contributed by atoms with Gasteiger partial charge in [-0.3, -0.25) is 9.20 Å². The van der Waals surface area contributed by atoms with E-state index in [4.69, 9.17) is 0 Å². The first-order valence-electron chi connectivity index (χ1n) is 8.64. The third-order valence-corrected chi connectivity index (χ3v) is 5.27. The van der Waals surface area contributed by atoms with Crippen molar-refractivity contribution < 1.29 is 4.79 Å². The number of nitrogens with one attached hydrogen (secondary N) is 1. The highest BCUT2D eigenvalue weighted by atomic mass is 32.1. The molecule has 6 heteroatoms. The number of hydrogen-bond acceptors (Lipinski definition) is 4. The molecular weight excluding hydrogens is 356 g/mol. The Morgan fingerprint density at radius 3 is 2.37 bits per heavy atom. The summed E-state index contributed by atoms with van der Waals surface area (Å²) in [6.45, 7) is 2.07. The molecule has 0 radical (unpaired) electrons. The normalized spacial score (nSPS) is 10.9. The number of benzene rings is 2. The van der Waals surface area contributed by atoms with E-state index in [1.165, 1.54) is 4.88 Å². The van der Waals surface area contributed by atoms with Crippen LogP contribution in [0.3, 0.4) is 0 Å². The number of fused-ring (bicyclic) bond motifs is 1. The molecule has 0 fully saturated rings. The van der Waals surface area contributed by atoms with E-state index in [0.717, 1.165) is 27.6 Å². The van der Waals surface area contributed by atoms with Crippen molar-refractivity contribution in [1.29, 1.82) is 0 Å². The standard InChI is InChI=1S/C21H20N4OS/c1-14-12-25-13-19(23-21(25)27-14)15-4-8-17(9-5-15)22-20(26)16-6-10-18(11-7-16)24(2)3/h4-13H,1-3H3,(H,22,26). The molecule has 136 valence electrons. The Bertz CT molecular complexity index is 1060. The molecule has 4 aromatic rings. The fraction of sp³-hybridized carbons (Fsp3) is 0.143. The van der Waals surface area contributed by atoms with Gasteiger partial charge in [0.05, 0.1) is 5.69 Å². The van der Waals surface area contributed by atoms with Gasteiger partial charge in [-0.1, -0.05) is 12.1 Å². The topological polar surface area (TPSA) is 49.6 Å². The maximum atomic E-state index is 12.4. The summed E-state index contributed by atoms with van der Waals surface area (Å²) in [5, 5.41) is 2.94. The van der Waals surface area contributed by atoms with Gasteiger partial charge in [0, 0.05) is 53.9 Å². The van der Waals surface area contributed by atoms with Gasteiger partial charge in [0.1, 0.15) is 0 Å². The maximum absolute atomic E-state index is 12.4. The summed E-state index contributed by atoms with van der Waals surface area (Å²) >= 11 is 1.67. The molecule has 0 atom stereocenters. The fourth-order valence-corrected chi connectivity index (χ4v) is 3.70. The lowest BCUT2D eigenvalue weighted by Gasteiger charge is -2.12. The highest BCUT2D eigenvalue weighted by Gasteiger charge is 2.09. The van der Waals surface area contributed by atoms with E-state index < -0.39 is 0 Å². The number of carbonyl (C=O) groups excluding carboxylic acids is 1. The van der Waals surface area contributed by atoms with Crippen LogP contribution >= 0.6 is 11.3 Å². The molecule has 2 aromatic heterocycles. The van der Waals surface area contributed by atoms with Crippen LogP contribution in [0.25, 0.3) is 16.2 Å². The zero-order valence-electron chi connectivity index (χ0n) is 15.4. The zero-order chi connectivity index (χ0) is 19.0. The summed E-state index contributed by atoms with van der Waals surface area (Å²) in [6.07, 6.45) is 4.10. The molecule has 0 bridgehead atoms. The van der Waals surface area contributed by atoms with E-state index in [0.29, 0.717) is 5.56 Å². The van der Waals surface area contributed by atoms with Gasteiger partial charge in [-0.2, -0.15) is 0 Å². The molecule has 0 spiro atoms. The Kier molecular flexibility index (Phi) is 4.41. The number of thiazole rings is 1. The van der Waals surface area contributed by atoms with Gasteiger partial charge in [-0.15, -0.1) is 11.3 Å². The van der Waals surface area contributed by atoms with Crippen molar-refractivity contribution in [3.63, 3.8) is 0 Å². The first-order valence-corrected chi connectivity index (χ1v) is 9.45. The molecule has 2 aromatic carbocycles. The first-order chi connectivity index (χ1) is 13.0. The Balaban J connectivity index is 1.48. The van der Waals surface area contributed by atoms with Crippen molar-refractivity contribution >= 4 is 33.6 Å². The number of imidazole rings is 1. The second kappa shape index (κ2) is 6.89. The van der Waals surface area contributed by atoms with Gasteiger partial charge < -0.3 is 10.2 Å². The minimum absolute atomic E-state index is 0.119. The summed E-state index contributed by atoms with van der Waals surface area (Å²) in [6, 6.07) is 15.3. The monoisotopic (exact) mass is 376 g/mol. The van der Waals surface area contributed by atoms with Crippen LogP contribution in [-0.2, 0) is 0 Å². The zero-order valence-corrected chi connectivity index (χ0v) is 16.2. The third kappa shape index (κ3) is 3.57. The van der Waals surface area contributed by atoms with Crippen LogP contribution in [0.4, 0.5) is 11.4 Å². The number of hydrogen-bond donors (Lipinski definition) is 1. The third-order valence-electron chi connectivity index (χ3n) is 4.36. The smallest absolute Gasteiger partial charge is 0.255 e. The van der Waals surface area contributed by atoms with Gasteiger partial charge in [-0.05, 0) is 43.3 Å². The molecule has 1 N–H and O–H groups in total. The summed E-state index contributed by atoms with van der Waals surface area (Å²) < 4.78 is 2.04. The number of carbonyl (C=O) groups is 1. The lowest BCUT2D eigenvalue weighted by molar-refractivity contribution is 0.102. The quantitative estimate of drug-likeness (QED) is 0.562. The highest BCUT2D eigenvalue weighted by molar-refractivity contribution is 7.17. The number of amides is 1. The predicted octanol–water partition coefficient (Wildman–Crippen LogP) is 4.69. The van der Waals surface area contributed by atoms with Crippen molar-refractivity contribution in [2.75, 3.05) is 24.3 Å². The second-order valence-corrected chi connectivity index (χ2v) is 7.84. The van der Waals surface area contributed by atoms with E-state index in [1.54, 1.807) is 11.3 Å². The molecule has 4 rings (SSSR count). The molecule has 2 heterocycles. The molecule has 0 aliphatic rings. The summed E-state index contributed by atoms with van der Waals surface area (Å²) in [5.41, 5.74) is 4.41. The molecule has 0 aliphatic carbocycles. The maximum Gasteiger partial charge on any atom is 0.255 e. The SMILES string of the molecule is Cc1cn2cc(-c3ccc(NC(=O)c4ccc(N(C)C)cc4)cc3)nc2s1. The lowest BCUT2D eigenvalue weighted by atomic mass is 10.1. The predicted molar refractivity (Wildman–Crippen MR) is 112 cm³/mol. The second-order valence-electron chi connectivity index (χ2n) is 6.63. The van der Waals surface area contributed by atoms with E-state index in [2.05, 4.69) is 23.4 Å². The van der Waals surface area contributed by atoms with Crippen molar-refractivity contribution in [1.82, 2.24) is 9.38 Å². The summed E-state index contributed by atoms with van der Waals surface area (Å²) in [4.78, 5) is 21.3. The van der Waals surface area contributed by atoms with Crippen molar-refractivity contribution in [2.24, 2.45) is 0 Å². The molecule has 0 aliphatic heterocycles. The van der Waals surface area contributed by atoms with Crippen LogP contribution in [0.2, 0.25) is 0 Å². The Morgan fingerprint density at radius 1 is 1.04 bits per heavy atom. The van der Waals surface area contributed by atoms with Crippen LogP contribution in [0.1, 0.15) is 15.2 Å². The molecule has 1 amide bonds. The molecule has 0 saturated carbocycles. The molecule has 5 nitrogen and oxygen atoms in total. The number of aromatic nitrogens is 2. The minimum atomic E-state index is -0.119. The van der Waals surface area contributed by atoms with Crippen LogP contribution in [0, 0.1) is 6.92 Å². The minimum Gasteiger partial charge on any atom is -0.378 e. The fourth-order valence-electron chi connectivity index (χ4n) is 2.89. The van der Waals surface area contributed by atoms with Gasteiger partial charge in [-0.25, -0.2) is 4.98 Å². The average Bonchev–Trinajstić information content (AvgIpc) is 3.20. The largest absolute Gasteiger partial charge is 0.378 e. The molecule has 0 saturated heterocycles. The van der Waals surface area contributed by atoms with Gasteiger partial charge in [0.2, 0.25) is 0 Å². The van der Waals surface area contributed by atoms with Crippen molar-refractivity contribution in [2.45, 2.75) is 6.92 Å².